The number of aromatic nitrogens is 3. The Kier molecular flexibility index (Phi) is 4.98. The SMILES string of the molecule is Fc1c(C2CCC(F)(F)CC2)c(Cl)n2nc(Cl)nc(NCc3cccs3)c12. The number of anilines is 1. The Morgan fingerprint density at radius 2 is 2.04 bits per heavy atom. The van der Waals surface area contributed by atoms with Crippen LogP contribution in [0.4, 0.5) is 19.0 Å². The fourth-order valence-corrected chi connectivity index (χ4v) is 4.62. The number of thiophene rings is 1. The van der Waals surface area contributed by atoms with Crippen molar-refractivity contribution < 1.29 is 13.2 Å². The fourth-order valence-electron chi connectivity index (χ4n) is 3.46. The highest BCUT2D eigenvalue weighted by Crippen LogP contribution is 2.45. The van der Waals surface area contributed by atoms with Crippen molar-refractivity contribution in [2.45, 2.75) is 44.1 Å². The van der Waals surface area contributed by atoms with Crippen LogP contribution in [0.15, 0.2) is 17.5 Å². The summed E-state index contributed by atoms with van der Waals surface area (Å²) in [6.45, 7) is 0.438. The summed E-state index contributed by atoms with van der Waals surface area (Å²) < 4.78 is 43.4. The minimum Gasteiger partial charge on any atom is -0.363 e. The van der Waals surface area contributed by atoms with E-state index in [0.717, 1.165) is 4.88 Å². The minimum atomic E-state index is -2.70. The lowest BCUT2D eigenvalue weighted by atomic mass is 9.83. The first-order chi connectivity index (χ1) is 12.9. The molecule has 0 aliphatic heterocycles. The highest BCUT2D eigenvalue weighted by Gasteiger charge is 2.38. The van der Waals surface area contributed by atoms with Crippen LogP contribution in [0.25, 0.3) is 5.52 Å². The van der Waals surface area contributed by atoms with Crippen LogP contribution >= 0.6 is 34.5 Å². The van der Waals surface area contributed by atoms with Crippen molar-refractivity contribution in [1.29, 1.82) is 0 Å². The number of nitrogens with zero attached hydrogens (tertiary/aromatic N) is 3. The van der Waals surface area contributed by atoms with E-state index in [0.29, 0.717) is 6.54 Å². The van der Waals surface area contributed by atoms with Crippen molar-refractivity contribution in [2.24, 2.45) is 0 Å². The molecule has 3 aromatic heterocycles. The summed E-state index contributed by atoms with van der Waals surface area (Å²) in [5, 5.41) is 8.97. The molecule has 1 saturated carbocycles. The van der Waals surface area contributed by atoms with Crippen LogP contribution in [0, 0.1) is 5.82 Å². The lowest BCUT2D eigenvalue weighted by Crippen LogP contribution is -2.23. The van der Waals surface area contributed by atoms with E-state index < -0.39 is 11.7 Å². The van der Waals surface area contributed by atoms with Crippen molar-refractivity contribution >= 4 is 45.9 Å². The predicted octanol–water partition coefficient (Wildman–Crippen LogP) is 6.14. The van der Waals surface area contributed by atoms with Crippen LogP contribution in [0.2, 0.25) is 10.4 Å². The molecule has 0 saturated heterocycles. The maximum absolute atomic E-state index is 15.3. The van der Waals surface area contributed by atoms with E-state index in [1.54, 1.807) is 11.3 Å². The van der Waals surface area contributed by atoms with Crippen LogP contribution in [0.1, 0.15) is 42.0 Å². The average molecular weight is 435 g/mol. The topological polar surface area (TPSA) is 42.2 Å². The summed E-state index contributed by atoms with van der Waals surface area (Å²) in [6.07, 6.45) is -0.232. The third-order valence-corrected chi connectivity index (χ3v) is 6.21. The van der Waals surface area contributed by atoms with Crippen molar-refractivity contribution in [1.82, 2.24) is 14.6 Å². The molecule has 1 N–H and O–H groups in total. The molecule has 0 bridgehead atoms. The molecule has 144 valence electrons. The van der Waals surface area contributed by atoms with Gasteiger partial charge in [-0.05, 0) is 41.8 Å². The Bertz CT molecular complexity index is 965. The standard InChI is InChI=1S/C17H15Cl2F3N4S/c18-14-11(9-3-5-17(21,22)6-4-9)12(20)13-15(24-16(19)25-26(13)14)23-8-10-2-1-7-27-10/h1-2,7,9H,3-6,8H2,(H,23,24,25). The number of alkyl halides is 2. The monoisotopic (exact) mass is 434 g/mol. The summed E-state index contributed by atoms with van der Waals surface area (Å²) in [5.41, 5.74) is 0.288. The molecule has 0 spiro atoms. The summed E-state index contributed by atoms with van der Waals surface area (Å²) in [6, 6.07) is 3.85. The molecule has 3 aromatic rings. The predicted molar refractivity (Wildman–Crippen MR) is 101 cm³/mol. The normalized spacial score (nSPS) is 17.5. The van der Waals surface area contributed by atoms with Gasteiger partial charge in [0.05, 0.1) is 6.54 Å². The molecule has 1 aliphatic carbocycles. The van der Waals surface area contributed by atoms with E-state index in [-0.39, 0.29) is 58.9 Å². The molecule has 1 aliphatic rings. The summed E-state index contributed by atoms with van der Waals surface area (Å²) >= 11 is 13.9. The largest absolute Gasteiger partial charge is 0.363 e. The number of halogens is 5. The molecule has 0 unspecified atom stereocenters. The Hall–Kier alpha value is -1.51. The highest BCUT2D eigenvalue weighted by atomic mass is 35.5. The van der Waals surface area contributed by atoms with Gasteiger partial charge in [-0.2, -0.15) is 4.98 Å². The van der Waals surface area contributed by atoms with Gasteiger partial charge < -0.3 is 5.32 Å². The summed E-state index contributed by atoms with van der Waals surface area (Å²) in [5.74, 6) is -3.45. The van der Waals surface area contributed by atoms with E-state index in [4.69, 9.17) is 23.2 Å². The van der Waals surface area contributed by atoms with Gasteiger partial charge in [0.1, 0.15) is 10.7 Å². The Morgan fingerprint density at radius 3 is 2.70 bits per heavy atom. The van der Waals surface area contributed by atoms with Gasteiger partial charge in [-0.1, -0.05) is 17.7 Å². The first-order valence-corrected chi connectivity index (χ1v) is 10.1. The molecule has 3 heterocycles. The van der Waals surface area contributed by atoms with E-state index in [1.807, 2.05) is 17.5 Å². The van der Waals surface area contributed by atoms with E-state index in [9.17, 15) is 8.78 Å². The zero-order valence-corrected chi connectivity index (χ0v) is 16.3. The molecule has 0 radical (unpaired) electrons. The van der Waals surface area contributed by atoms with Crippen molar-refractivity contribution in [3.05, 3.63) is 44.2 Å². The van der Waals surface area contributed by atoms with E-state index in [2.05, 4.69) is 15.4 Å². The van der Waals surface area contributed by atoms with E-state index in [1.165, 1.54) is 4.52 Å². The highest BCUT2D eigenvalue weighted by molar-refractivity contribution is 7.09. The maximum atomic E-state index is 15.3. The Balaban J connectivity index is 1.73. The number of fused-ring (bicyclic) bond motifs is 1. The second-order valence-corrected chi connectivity index (χ2v) is 8.30. The summed E-state index contributed by atoms with van der Waals surface area (Å²) in [7, 11) is 0. The van der Waals surface area contributed by atoms with Crippen LogP contribution < -0.4 is 5.32 Å². The molecule has 0 amide bonds. The molecule has 0 atom stereocenters. The lowest BCUT2D eigenvalue weighted by molar-refractivity contribution is -0.0384. The molecule has 1 fully saturated rings. The lowest BCUT2D eigenvalue weighted by Gasteiger charge is -2.28. The van der Waals surface area contributed by atoms with Crippen molar-refractivity contribution in [3.8, 4) is 0 Å². The van der Waals surface area contributed by atoms with Crippen LogP contribution in [-0.2, 0) is 6.54 Å². The number of hydrogen-bond donors (Lipinski definition) is 1. The van der Waals surface area contributed by atoms with Crippen molar-refractivity contribution in [2.75, 3.05) is 5.32 Å². The second kappa shape index (κ2) is 7.14. The third-order valence-electron chi connectivity index (χ3n) is 4.81. The van der Waals surface area contributed by atoms with Gasteiger partial charge in [0, 0.05) is 23.3 Å². The number of rotatable bonds is 4. The molecular formula is C17H15Cl2F3N4S. The van der Waals surface area contributed by atoms with E-state index >= 15 is 4.39 Å². The zero-order valence-electron chi connectivity index (χ0n) is 14.0. The van der Waals surface area contributed by atoms with Crippen LogP contribution in [0.3, 0.4) is 0 Å². The molecule has 4 nitrogen and oxygen atoms in total. The molecule has 0 aromatic carbocycles. The minimum absolute atomic E-state index is 0.0567. The quantitative estimate of drug-likeness (QED) is 0.535. The van der Waals surface area contributed by atoms with Gasteiger partial charge in [0.15, 0.2) is 11.6 Å². The number of nitrogens with one attached hydrogen (secondary N) is 1. The molecular weight excluding hydrogens is 420 g/mol. The van der Waals surface area contributed by atoms with Gasteiger partial charge in [-0.25, -0.2) is 17.7 Å². The molecule has 10 heteroatoms. The number of hydrogen-bond acceptors (Lipinski definition) is 4. The first kappa shape index (κ1) is 18.8. The van der Waals surface area contributed by atoms with Crippen molar-refractivity contribution in [3.63, 3.8) is 0 Å². The molecule has 4 rings (SSSR count). The maximum Gasteiger partial charge on any atom is 0.248 e. The molecule has 27 heavy (non-hydrogen) atoms. The average Bonchev–Trinajstić information content (AvgIpc) is 3.21. The van der Waals surface area contributed by atoms with Crippen LogP contribution in [-0.4, -0.2) is 20.5 Å². The smallest absolute Gasteiger partial charge is 0.248 e. The summed E-state index contributed by atoms with van der Waals surface area (Å²) in [4.78, 5) is 5.13. The second-order valence-electron chi connectivity index (χ2n) is 6.57. The third kappa shape index (κ3) is 3.62. The zero-order chi connectivity index (χ0) is 19.2. The van der Waals surface area contributed by atoms with Gasteiger partial charge in [-0.3, -0.25) is 0 Å². The van der Waals surface area contributed by atoms with Gasteiger partial charge >= 0.3 is 0 Å². The fraction of sp³-hybridized carbons (Fsp3) is 0.412. The van der Waals surface area contributed by atoms with Gasteiger partial charge in [-0.15, -0.1) is 16.4 Å². The van der Waals surface area contributed by atoms with Gasteiger partial charge in [0.2, 0.25) is 11.2 Å². The van der Waals surface area contributed by atoms with Crippen LogP contribution in [0.5, 0.6) is 0 Å². The Labute approximate surface area is 167 Å². The van der Waals surface area contributed by atoms with Gasteiger partial charge in [0.25, 0.3) is 0 Å². The Morgan fingerprint density at radius 1 is 1.30 bits per heavy atom. The first-order valence-electron chi connectivity index (χ1n) is 8.43.